The molecule has 1 N–H and O–H groups in total. The smallest absolute Gasteiger partial charge is 0.449 e. The van der Waals surface area contributed by atoms with Crippen LogP contribution in [0, 0.1) is 5.92 Å². The second-order valence-electron chi connectivity index (χ2n) is 5.42. The van der Waals surface area contributed by atoms with Gasteiger partial charge in [0.05, 0.1) is 5.60 Å². The van der Waals surface area contributed by atoms with Gasteiger partial charge in [0.15, 0.2) is 0 Å². The summed E-state index contributed by atoms with van der Waals surface area (Å²) in [6.45, 7) is -1.22. The predicted octanol–water partition coefficient (Wildman–Crippen LogP) is 0.559. The van der Waals surface area contributed by atoms with Gasteiger partial charge in [0.2, 0.25) is 0 Å². The van der Waals surface area contributed by atoms with E-state index in [0.717, 1.165) is 0 Å². The van der Waals surface area contributed by atoms with Crippen LogP contribution in [0.4, 0.5) is 12.9 Å². The fraction of sp³-hybridized carbons (Fsp3) is 1.00. The molecule has 0 bridgehead atoms. The minimum absolute atomic E-state index is 0. The molecule has 16 heavy (non-hydrogen) atoms. The maximum atomic E-state index is 12.4. The van der Waals surface area contributed by atoms with Crippen molar-refractivity contribution in [3.63, 3.8) is 0 Å². The molecule has 0 aromatic heterocycles. The molecule has 0 amide bonds. The van der Waals surface area contributed by atoms with E-state index in [1.807, 2.05) is 0 Å². The van der Waals surface area contributed by atoms with Gasteiger partial charge in [-0.1, -0.05) is 31.5 Å². The Morgan fingerprint density at radius 2 is 1.56 bits per heavy atom. The van der Waals surface area contributed by atoms with Crippen molar-refractivity contribution in [2.24, 2.45) is 5.92 Å². The van der Waals surface area contributed by atoms with Gasteiger partial charge >= 0.3 is 58.4 Å². The summed E-state index contributed by atoms with van der Waals surface area (Å²) < 4.78 is 37.3. The average Bonchev–Trinajstić information content (AvgIpc) is 2.00. The Morgan fingerprint density at radius 1 is 1.12 bits per heavy atom. The first kappa shape index (κ1) is 17.5. The summed E-state index contributed by atoms with van der Waals surface area (Å²) in [7, 11) is 0. The number of hydrogen-bond acceptors (Lipinski definition) is 1. The molecule has 0 aromatic rings. The third-order valence-corrected chi connectivity index (χ3v) is 3.21. The molecule has 90 valence electrons. The van der Waals surface area contributed by atoms with Gasteiger partial charge in [0, 0.05) is 0 Å². The van der Waals surface area contributed by atoms with Crippen LogP contribution in [0.15, 0.2) is 0 Å². The summed E-state index contributed by atoms with van der Waals surface area (Å²) in [6, 6.07) is 0. The summed E-state index contributed by atoms with van der Waals surface area (Å²) in [5.74, 6) is -0.789. The molecular weight excluding hydrogens is 243 g/mol. The third-order valence-electron chi connectivity index (χ3n) is 3.21. The molecule has 1 rings (SSSR count). The monoisotopic (exact) mass is 262 g/mol. The SMILES string of the molecule is CC(C)(O)CC1CCC([B-](F)(F)F)CC1.[K+]. The Morgan fingerprint density at radius 3 is 1.88 bits per heavy atom. The second kappa shape index (κ2) is 6.57. The molecule has 0 saturated heterocycles. The van der Waals surface area contributed by atoms with Gasteiger partial charge in [-0.3, -0.25) is 0 Å². The Kier molecular flexibility index (Phi) is 7.17. The Labute approximate surface area is 138 Å². The third kappa shape index (κ3) is 6.40. The van der Waals surface area contributed by atoms with Crippen LogP contribution in [0.2, 0.25) is 5.82 Å². The van der Waals surface area contributed by atoms with Crippen molar-refractivity contribution >= 4 is 6.98 Å². The normalized spacial score (nSPS) is 27.4. The Bertz CT molecular complexity index is 207. The van der Waals surface area contributed by atoms with Crippen LogP contribution in [-0.4, -0.2) is 17.7 Å². The largest absolute Gasteiger partial charge is 1.00 e. The molecule has 0 unspecified atom stereocenters. The van der Waals surface area contributed by atoms with Crippen molar-refractivity contribution in [2.75, 3.05) is 0 Å². The van der Waals surface area contributed by atoms with Crippen molar-refractivity contribution in [3.8, 4) is 0 Å². The molecule has 1 saturated carbocycles. The van der Waals surface area contributed by atoms with Gasteiger partial charge in [-0.2, -0.15) is 0 Å². The summed E-state index contributed by atoms with van der Waals surface area (Å²) in [6.07, 6.45) is 2.34. The first-order valence-corrected chi connectivity index (χ1v) is 5.61. The zero-order chi connectivity index (χ0) is 11.7. The first-order valence-electron chi connectivity index (χ1n) is 5.61. The van der Waals surface area contributed by atoms with Crippen molar-refractivity contribution in [1.29, 1.82) is 0 Å². The second-order valence-corrected chi connectivity index (χ2v) is 5.42. The van der Waals surface area contributed by atoms with Crippen molar-refractivity contribution in [3.05, 3.63) is 0 Å². The molecule has 0 heterocycles. The summed E-state index contributed by atoms with van der Waals surface area (Å²) in [4.78, 5) is 0. The minimum Gasteiger partial charge on any atom is -0.449 e. The fourth-order valence-corrected chi connectivity index (χ4v) is 2.48. The van der Waals surface area contributed by atoms with Crippen LogP contribution in [0.5, 0.6) is 0 Å². The first-order chi connectivity index (χ1) is 6.68. The Balaban J connectivity index is 0.00000225. The van der Waals surface area contributed by atoms with Crippen LogP contribution < -0.4 is 51.4 Å². The quantitative estimate of drug-likeness (QED) is 0.737. The van der Waals surface area contributed by atoms with E-state index < -0.39 is 18.4 Å². The average molecular weight is 262 g/mol. The van der Waals surface area contributed by atoms with Gasteiger partial charge in [-0.25, -0.2) is 0 Å². The molecule has 1 aliphatic rings. The van der Waals surface area contributed by atoms with Crippen molar-refractivity contribution in [2.45, 2.75) is 57.4 Å². The maximum absolute atomic E-state index is 12.4. The molecule has 0 aliphatic heterocycles. The number of rotatable bonds is 3. The van der Waals surface area contributed by atoms with Crippen molar-refractivity contribution < 1.29 is 69.4 Å². The van der Waals surface area contributed by atoms with Gasteiger partial charge in [-0.05, 0) is 26.2 Å². The van der Waals surface area contributed by atoms with E-state index in [1.54, 1.807) is 13.8 Å². The van der Waals surface area contributed by atoms with Crippen molar-refractivity contribution in [1.82, 2.24) is 0 Å². The molecule has 0 aromatic carbocycles. The summed E-state index contributed by atoms with van der Waals surface area (Å²) >= 11 is 0. The zero-order valence-corrected chi connectivity index (χ0v) is 13.5. The van der Waals surface area contributed by atoms with E-state index in [1.165, 1.54) is 0 Å². The van der Waals surface area contributed by atoms with Gasteiger partial charge in [0.25, 0.3) is 0 Å². The standard InChI is InChI=1S/C10H19BF3O.K/c1-10(2,15)7-8-3-5-9(6-4-8)11(12,13)14;/h8-9,15H,3-7H2,1-2H3;/q-1;+1. The molecule has 1 fully saturated rings. The van der Waals surface area contributed by atoms with Crippen LogP contribution in [0.25, 0.3) is 0 Å². The van der Waals surface area contributed by atoms with E-state index in [4.69, 9.17) is 0 Å². The van der Waals surface area contributed by atoms with Gasteiger partial charge in [0.1, 0.15) is 0 Å². The van der Waals surface area contributed by atoms with E-state index in [9.17, 15) is 18.1 Å². The van der Waals surface area contributed by atoms with Crippen LogP contribution >= 0.6 is 0 Å². The number of halogens is 3. The molecule has 1 aliphatic carbocycles. The van der Waals surface area contributed by atoms with E-state index in [-0.39, 0.29) is 70.1 Å². The molecular formula is C10H19BF3KO. The molecule has 6 heteroatoms. The fourth-order valence-electron chi connectivity index (χ4n) is 2.48. The van der Waals surface area contributed by atoms with E-state index >= 15 is 0 Å². The predicted molar refractivity (Wildman–Crippen MR) is 55.7 cm³/mol. The van der Waals surface area contributed by atoms with E-state index in [0.29, 0.717) is 19.3 Å². The van der Waals surface area contributed by atoms with Crippen LogP contribution in [-0.2, 0) is 0 Å². The van der Waals surface area contributed by atoms with Gasteiger partial charge in [-0.15, -0.1) is 0 Å². The number of aliphatic hydroxyl groups is 1. The molecule has 0 atom stereocenters. The number of hydrogen-bond donors (Lipinski definition) is 1. The van der Waals surface area contributed by atoms with Crippen LogP contribution in [0.3, 0.4) is 0 Å². The van der Waals surface area contributed by atoms with E-state index in [2.05, 4.69) is 0 Å². The van der Waals surface area contributed by atoms with Crippen LogP contribution in [0.1, 0.15) is 46.0 Å². The van der Waals surface area contributed by atoms with Gasteiger partial charge < -0.3 is 18.1 Å². The maximum Gasteiger partial charge on any atom is 1.00 e. The molecule has 1 nitrogen and oxygen atoms in total. The zero-order valence-electron chi connectivity index (χ0n) is 10.3. The molecule has 0 spiro atoms. The topological polar surface area (TPSA) is 20.2 Å². The minimum atomic E-state index is -4.65. The summed E-state index contributed by atoms with van der Waals surface area (Å²) in [5, 5.41) is 9.58. The summed E-state index contributed by atoms with van der Waals surface area (Å²) in [5.41, 5.74) is -0.749. The Hall–Kier alpha value is 1.45. The molecule has 0 radical (unpaired) electrons.